The average Bonchev–Trinajstić information content (AvgIpc) is 2.21. The summed E-state index contributed by atoms with van der Waals surface area (Å²) in [6, 6.07) is 0. The van der Waals surface area contributed by atoms with Gasteiger partial charge in [0.1, 0.15) is 5.76 Å². The fourth-order valence-electron chi connectivity index (χ4n) is 1.54. The highest BCUT2D eigenvalue weighted by atomic mass is 127. The smallest absolute Gasteiger partial charge is 0.314 e. The number of hydrogen-bond donors (Lipinski definition) is 0. The number of esters is 1. The molecule has 3 nitrogen and oxygen atoms in total. The zero-order valence-corrected chi connectivity index (χ0v) is 13.9. The van der Waals surface area contributed by atoms with E-state index in [1.807, 2.05) is 27.7 Å². The van der Waals surface area contributed by atoms with Crippen LogP contribution in [0, 0.1) is 5.92 Å². The van der Waals surface area contributed by atoms with Crippen molar-refractivity contribution in [1.82, 2.24) is 0 Å². The molecule has 0 aliphatic heterocycles. The minimum Gasteiger partial charge on any atom is -0.490 e. The summed E-state index contributed by atoms with van der Waals surface area (Å²) in [5.74, 6) is 0.0775. The van der Waals surface area contributed by atoms with Crippen molar-refractivity contribution in [2.24, 2.45) is 5.92 Å². The average molecular weight is 385 g/mol. The zero-order valence-electron chi connectivity index (χ0n) is 11.0. The molecule has 5 heteroatoms. The Morgan fingerprint density at radius 2 is 2.00 bits per heavy atom. The Balaban J connectivity index is 2.79. The van der Waals surface area contributed by atoms with Gasteiger partial charge >= 0.3 is 5.97 Å². The molecule has 0 bridgehead atoms. The Labute approximate surface area is 127 Å². The molecule has 1 atom stereocenters. The lowest BCUT2D eigenvalue weighted by molar-refractivity contribution is -0.150. The second kappa shape index (κ2) is 6.80. The highest BCUT2D eigenvalue weighted by Gasteiger charge is 2.30. The molecule has 0 spiro atoms. The van der Waals surface area contributed by atoms with Gasteiger partial charge in [-0.2, -0.15) is 0 Å². The summed E-state index contributed by atoms with van der Waals surface area (Å²) in [4.78, 5) is 11.9. The molecule has 0 aromatic heterocycles. The van der Waals surface area contributed by atoms with Crippen LogP contribution in [0.5, 0.6) is 0 Å². The predicted molar refractivity (Wildman–Crippen MR) is 80.5 cm³/mol. The van der Waals surface area contributed by atoms with Gasteiger partial charge in [-0.3, -0.25) is 4.79 Å². The van der Waals surface area contributed by atoms with Gasteiger partial charge in [0, 0.05) is 15.0 Å². The molecule has 0 aromatic rings. The van der Waals surface area contributed by atoms with Crippen molar-refractivity contribution >= 4 is 40.2 Å². The fraction of sp³-hybridized carbons (Fsp3) is 0.615. The quantitative estimate of drug-likeness (QED) is 0.539. The van der Waals surface area contributed by atoms with E-state index in [-0.39, 0.29) is 18.2 Å². The number of carbonyl (C=O) groups excluding carboxylic acids is 1. The van der Waals surface area contributed by atoms with E-state index in [1.165, 1.54) is 0 Å². The first kappa shape index (κ1) is 15.8. The van der Waals surface area contributed by atoms with E-state index >= 15 is 0 Å². The van der Waals surface area contributed by atoms with Gasteiger partial charge in [0.05, 0.1) is 18.1 Å². The van der Waals surface area contributed by atoms with E-state index < -0.39 is 5.92 Å². The van der Waals surface area contributed by atoms with Crippen molar-refractivity contribution in [2.45, 2.75) is 46.3 Å². The van der Waals surface area contributed by atoms with Crippen LogP contribution in [0.25, 0.3) is 0 Å². The van der Waals surface area contributed by atoms with Gasteiger partial charge in [-0.15, -0.1) is 0 Å². The van der Waals surface area contributed by atoms with Crippen molar-refractivity contribution < 1.29 is 14.3 Å². The number of allylic oxidation sites excluding steroid dienone is 2. The maximum absolute atomic E-state index is 11.9. The van der Waals surface area contributed by atoms with Gasteiger partial charge in [0.15, 0.2) is 0 Å². The Bertz CT molecular complexity index is 386. The largest absolute Gasteiger partial charge is 0.490 e. The van der Waals surface area contributed by atoms with Crippen LogP contribution in [0.1, 0.15) is 34.1 Å². The number of carbonyl (C=O) groups is 1. The van der Waals surface area contributed by atoms with Gasteiger partial charge in [-0.05, 0) is 56.4 Å². The van der Waals surface area contributed by atoms with Crippen LogP contribution >= 0.6 is 34.2 Å². The zero-order chi connectivity index (χ0) is 13.9. The summed E-state index contributed by atoms with van der Waals surface area (Å²) in [5, 5.41) is 0.483. The number of hydrogen-bond acceptors (Lipinski definition) is 3. The molecule has 0 fully saturated rings. The molecule has 1 unspecified atom stereocenters. The van der Waals surface area contributed by atoms with E-state index in [2.05, 4.69) is 22.6 Å². The Morgan fingerprint density at radius 1 is 1.39 bits per heavy atom. The summed E-state index contributed by atoms with van der Waals surface area (Å²) in [7, 11) is 0. The van der Waals surface area contributed by atoms with Crippen molar-refractivity contribution in [3.63, 3.8) is 0 Å². The first-order valence-electron chi connectivity index (χ1n) is 5.94. The lowest BCUT2D eigenvalue weighted by Gasteiger charge is -2.23. The van der Waals surface area contributed by atoms with E-state index in [9.17, 15) is 4.79 Å². The summed E-state index contributed by atoms with van der Waals surface area (Å²) >= 11 is 8.34. The van der Waals surface area contributed by atoms with E-state index in [1.54, 1.807) is 6.08 Å². The number of ether oxygens (including phenoxy) is 2. The third-order valence-electron chi connectivity index (χ3n) is 2.25. The van der Waals surface area contributed by atoms with Crippen LogP contribution in [-0.4, -0.2) is 18.2 Å². The van der Waals surface area contributed by atoms with Crippen molar-refractivity contribution in [3.05, 3.63) is 20.4 Å². The number of rotatable bonds is 4. The normalized spacial score (nSPS) is 20.2. The molecule has 0 saturated carbocycles. The van der Waals surface area contributed by atoms with E-state index in [4.69, 9.17) is 21.1 Å². The molecular weight excluding hydrogens is 366 g/mol. The molecule has 0 radical (unpaired) electrons. The van der Waals surface area contributed by atoms with Crippen LogP contribution in [0.4, 0.5) is 0 Å². The van der Waals surface area contributed by atoms with Crippen LogP contribution < -0.4 is 0 Å². The molecule has 102 valence electrons. The second-order valence-corrected chi connectivity index (χ2v) is 6.45. The lowest BCUT2D eigenvalue weighted by Crippen LogP contribution is -2.24. The third kappa shape index (κ3) is 4.46. The lowest BCUT2D eigenvalue weighted by atomic mass is 9.99. The summed E-state index contributed by atoms with van der Waals surface area (Å²) in [6.07, 6.45) is 2.23. The summed E-state index contributed by atoms with van der Waals surface area (Å²) in [6.45, 7) is 7.56. The van der Waals surface area contributed by atoms with Gasteiger partial charge in [-0.25, -0.2) is 0 Å². The van der Waals surface area contributed by atoms with Crippen LogP contribution in [0.3, 0.4) is 0 Å². The van der Waals surface area contributed by atoms with E-state index in [0.29, 0.717) is 11.5 Å². The van der Waals surface area contributed by atoms with Crippen LogP contribution in [0.15, 0.2) is 20.4 Å². The maximum atomic E-state index is 11.9. The van der Waals surface area contributed by atoms with Crippen LogP contribution in [0.2, 0.25) is 0 Å². The standard InChI is InChI=1S/C13H18ClIO3/c1-7(2)17-12-6-10(14)9(5-11(12)15)13(16)18-8(3)4/h6-9H,5H2,1-4H3. The first-order chi connectivity index (χ1) is 8.31. The van der Waals surface area contributed by atoms with Crippen molar-refractivity contribution in [3.8, 4) is 0 Å². The monoisotopic (exact) mass is 384 g/mol. The number of halogens is 2. The molecule has 0 amide bonds. The topological polar surface area (TPSA) is 35.5 Å². The molecule has 1 aliphatic carbocycles. The fourth-order valence-corrected chi connectivity index (χ4v) is 2.53. The Morgan fingerprint density at radius 3 is 2.50 bits per heavy atom. The van der Waals surface area contributed by atoms with Crippen LogP contribution in [-0.2, 0) is 14.3 Å². The highest BCUT2D eigenvalue weighted by Crippen LogP contribution is 2.36. The van der Waals surface area contributed by atoms with Crippen molar-refractivity contribution in [2.75, 3.05) is 0 Å². The van der Waals surface area contributed by atoms with Gasteiger partial charge in [0.25, 0.3) is 0 Å². The Kier molecular flexibility index (Phi) is 5.98. The predicted octanol–water partition coefficient (Wildman–Crippen LogP) is 4.15. The van der Waals surface area contributed by atoms with Crippen molar-refractivity contribution in [1.29, 1.82) is 0 Å². The minimum atomic E-state index is -0.402. The molecule has 0 heterocycles. The van der Waals surface area contributed by atoms with E-state index in [0.717, 1.165) is 9.34 Å². The summed E-state index contributed by atoms with van der Waals surface area (Å²) in [5.41, 5.74) is 0. The molecule has 18 heavy (non-hydrogen) atoms. The first-order valence-corrected chi connectivity index (χ1v) is 7.39. The van der Waals surface area contributed by atoms with Gasteiger partial charge in [-0.1, -0.05) is 11.6 Å². The molecule has 1 rings (SSSR count). The molecular formula is C13H18ClIO3. The second-order valence-electron chi connectivity index (χ2n) is 4.71. The van der Waals surface area contributed by atoms with Gasteiger partial charge < -0.3 is 9.47 Å². The molecule has 0 aromatic carbocycles. The molecule has 0 N–H and O–H groups in total. The van der Waals surface area contributed by atoms with Gasteiger partial charge in [0.2, 0.25) is 0 Å². The highest BCUT2D eigenvalue weighted by molar-refractivity contribution is 14.1. The Hall–Kier alpha value is -0.230. The molecule has 0 saturated heterocycles. The minimum absolute atomic E-state index is 0.0876. The molecule has 1 aliphatic rings. The summed E-state index contributed by atoms with van der Waals surface area (Å²) < 4.78 is 11.8. The third-order valence-corrected chi connectivity index (χ3v) is 3.60. The maximum Gasteiger partial charge on any atom is 0.314 e. The SMILES string of the molecule is CC(C)OC(=O)C1CC(I)=C(OC(C)C)C=C1Cl.